The van der Waals surface area contributed by atoms with E-state index in [1.165, 1.54) is 0 Å². The van der Waals surface area contributed by atoms with E-state index in [9.17, 15) is 4.79 Å². The highest BCUT2D eigenvalue weighted by atomic mass is 16.5. The summed E-state index contributed by atoms with van der Waals surface area (Å²) in [6.45, 7) is 5.77. The van der Waals surface area contributed by atoms with Crippen LogP contribution in [-0.4, -0.2) is 34.4 Å². The van der Waals surface area contributed by atoms with Crippen LogP contribution in [0.25, 0.3) is 22.2 Å². The van der Waals surface area contributed by atoms with Crippen molar-refractivity contribution in [3.8, 4) is 17.1 Å². The summed E-state index contributed by atoms with van der Waals surface area (Å²) in [5, 5.41) is 3.98. The van der Waals surface area contributed by atoms with Gasteiger partial charge in [-0.05, 0) is 38.5 Å². The third-order valence-electron chi connectivity index (χ3n) is 3.93. The van der Waals surface area contributed by atoms with Gasteiger partial charge in [0.25, 0.3) is 6.01 Å². The Morgan fingerprint density at radius 1 is 1.33 bits per heavy atom. The fourth-order valence-corrected chi connectivity index (χ4v) is 2.92. The molecule has 0 unspecified atom stereocenters. The summed E-state index contributed by atoms with van der Waals surface area (Å²) in [4.78, 5) is 16.9. The van der Waals surface area contributed by atoms with E-state index in [4.69, 9.17) is 14.0 Å². The van der Waals surface area contributed by atoms with E-state index >= 15 is 0 Å². The lowest BCUT2D eigenvalue weighted by molar-refractivity contribution is 0.0528. The van der Waals surface area contributed by atoms with Crippen LogP contribution in [0.15, 0.2) is 16.7 Å². The second kappa shape index (κ2) is 5.99. The van der Waals surface area contributed by atoms with Gasteiger partial charge in [-0.25, -0.2) is 4.79 Å². The number of ether oxygens (including phenoxy) is 2. The molecule has 1 aromatic carbocycles. The quantitative estimate of drug-likeness (QED) is 0.685. The predicted octanol–water partition coefficient (Wildman–Crippen LogP) is 3.03. The number of esters is 1. The fraction of sp³-hybridized carbons (Fsp3) is 0.353. The molecular formula is C17H19N3O4. The first-order chi connectivity index (χ1) is 11.5. The highest BCUT2D eigenvalue weighted by Crippen LogP contribution is 2.33. The van der Waals surface area contributed by atoms with E-state index in [0.717, 1.165) is 16.8 Å². The highest BCUT2D eigenvalue weighted by molar-refractivity contribution is 6.04. The second-order valence-corrected chi connectivity index (χ2v) is 5.47. The van der Waals surface area contributed by atoms with Gasteiger partial charge in [-0.15, -0.1) is 0 Å². The minimum Gasteiger partial charge on any atom is -0.468 e. The lowest BCUT2D eigenvalue weighted by Crippen LogP contribution is -2.07. The first-order valence-electron chi connectivity index (χ1n) is 7.62. The van der Waals surface area contributed by atoms with Crippen molar-refractivity contribution in [1.82, 2.24) is 14.7 Å². The molecular weight excluding hydrogens is 310 g/mol. The number of carbonyl (C=O) groups excluding carboxylic acids is 1. The number of rotatable bonds is 4. The summed E-state index contributed by atoms with van der Waals surface area (Å²) in [6, 6.07) is 4.10. The van der Waals surface area contributed by atoms with Gasteiger partial charge in [-0.1, -0.05) is 5.16 Å². The average Bonchev–Trinajstić information content (AvgIpc) is 3.06. The molecule has 0 atom stereocenters. The Morgan fingerprint density at radius 3 is 2.67 bits per heavy atom. The third-order valence-corrected chi connectivity index (χ3v) is 3.93. The summed E-state index contributed by atoms with van der Waals surface area (Å²) < 4.78 is 17.5. The van der Waals surface area contributed by atoms with E-state index in [2.05, 4.69) is 10.1 Å². The number of aryl methyl sites for hydroxylation is 3. The number of nitrogens with zero attached hydrogens (tertiary/aromatic N) is 3. The minimum absolute atomic E-state index is 0.296. The summed E-state index contributed by atoms with van der Waals surface area (Å²) in [7, 11) is 3.34. The Balaban J connectivity index is 2.32. The molecule has 126 valence electrons. The molecule has 0 fully saturated rings. The van der Waals surface area contributed by atoms with E-state index in [0.29, 0.717) is 35.0 Å². The lowest BCUT2D eigenvalue weighted by atomic mass is 10.0. The van der Waals surface area contributed by atoms with Crippen LogP contribution < -0.4 is 4.74 Å². The first kappa shape index (κ1) is 16.0. The standard InChI is InChI=1S/C17H19N3O4/c1-6-23-16(21)12-7-11(14-9(2)19-24-10(14)3)8-13-15(12)20(4)17(18-13)22-5/h7-8H,6H2,1-5H3. The lowest BCUT2D eigenvalue weighted by Gasteiger charge is -2.08. The molecule has 0 aliphatic heterocycles. The Morgan fingerprint density at radius 2 is 2.08 bits per heavy atom. The number of hydrogen-bond donors (Lipinski definition) is 0. The van der Waals surface area contributed by atoms with Crippen molar-refractivity contribution in [3.63, 3.8) is 0 Å². The van der Waals surface area contributed by atoms with Gasteiger partial charge in [0, 0.05) is 12.6 Å². The number of carbonyl (C=O) groups is 1. The van der Waals surface area contributed by atoms with Crippen molar-refractivity contribution in [3.05, 3.63) is 29.2 Å². The Labute approximate surface area is 139 Å². The molecule has 0 N–H and O–H groups in total. The predicted molar refractivity (Wildman–Crippen MR) is 88.2 cm³/mol. The molecule has 7 nitrogen and oxygen atoms in total. The van der Waals surface area contributed by atoms with Gasteiger partial charge in [0.1, 0.15) is 5.76 Å². The molecule has 3 aromatic rings. The summed E-state index contributed by atoms with van der Waals surface area (Å²) >= 11 is 0. The smallest absolute Gasteiger partial charge is 0.340 e. The van der Waals surface area contributed by atoms with E-state index < -0.39 is 5.97 Å². The maximum Gasteiger partial charge on any atom is 0.340 e. The van der Waals surface area contributed by atoms with E-state index in [-0.39, 0.29) is 0 Å². The minimum atomic E-state index is -0.401. The van der Waals surface area contributed by atoms with Crippen LogP contribution in [0.4, 0.5) is 0 Å². The first-order valence-corrected chi connectivity index (χ1v) is 7.62. The molecule has 0 radical (unpaired) electrons. The number of methoxy groups -OCH3 is 1. The van der Waals surface area contributed by atoms with Gasteiger partial charge in [0.05, 0.1) is 36.0 Å². The van der Waals surface area contributed by atoms with Crippen LogP contribution in [-0.2, 0) is 11.8 Å². The van der Waals surface area contributed by atoms with Crippen LogP contribution in [0, 0.1) is 13.8 Å². The fourth-order valence-electron chi connectivity index (χ4n) is 2.92. The normalized spacial score (nSPS) is 11.0. The van der Waals surface area contributed by atoms with Gasteiger partial charge in [0.2, 0.25) is 0 Å². The van der Waals surface area contributed by atoms with Crippen LogP contribution in [0.2, 0.25) is 0 Å². The summed E-state index contributed by atoms with van der Waals surface area (Å²) in [6.07, 6.45) is 0. The van der Waals surface area contributed by atoms with Crippen molar-refractivity contribution in [2.45, 2.75) is 20.8 Å². The van der Waals surface area contributed by atoms with Crippen molar-refractivity contribution in [2.75, 3.05) is 13.7 Å². The van der Waals surface area contributed by atoms with Crippen LogP contribution in [0.1, 0.15) is 28.7 Å². The zero-order chi connectivity index (χ0) is 17.4. The molecule has 2 heterocycles. The number of imidazole rings is 1. The zero-order valence-corrected chi connectivity index (χ0v) is 14.3. The molecule has 24 heavy (non-hydrogen) atoms. The molecule has 2 aromatic heterocycles. The van der Waals surface area contributed by atoms with Crippen molar-refractivity contribution < 1.29 is 18.8 Å². The van der Waals surface area contributed by atoms with Crippen LogP contribution in [0.5, 0.6) is 6.01 Å². The zero-order valence-electron chi connectivity index (χ0n) is 14.3. The summed E-state index contributed by atoms with van der Waals surface area (Å²) in [5.41, 5.74) is 4.16. The number of fused-ring (bicyclic) bond motifs is 1. The molecule has 7 heteroatoms. The molecule has 0 spiro atoms. The van der Waals surface area contributed by atoms with E-state index in [1.807, 2.05) is 19.9 Å². The largest absolute Gasteiger partial charge is 0.468 e. The molecule has 0 saturated heterocycles. The maximum atomic E-state index is 12.5. The molecule has 0 aliphatic rings. The van der Waals surface area contributed by atoms with E-state index in [1.54, 1.807) is 31.7 Å². The average molecular weight is 329 g/mol. The Kier molecular flexibility index (Phi) is 4.01. The number of hydrogen-bond acceptors (Lipinski definition) is 6. The molecule has 3 rings (SSSR count). The van der Waals surface area contributed by atoms with Gasteiger partial charge in [0.15, 0.2) is 0 Å². The SMILES string of the molecule is CCOC(=O)c1cc(-c2c(C)noc2C)cc2nc(OC)n(C)c12. The monoisotopic (exact) mass is 329 g/mol. The topological polar surface area (TPSA) is 79.4 Å². The number of benzene rings is 1. The molecule has 0 bridgehead atoms. The van der Waals surface area contributed by atoms with Crippen molar-refractivity contribution in [1.29, 1.82) is 0 Å². The summed E-state index contributed by atoms with van der Waals surface area (Å²) in [5.74, 6) is 0.284. The Hall–Kier alpha value is -2.83. The van der Waals surface area contributed by atoms with Crippen molar-refractivity contribution in [2.24, 2.45) is 7.05 Å². The number of aromatic nitrogens is 3. The molecule has 0 amide bonds. The molecule has 0 aliphatic carbocycles. The maximum absolute atomic E-state index is 12.5. The molecule has 0 saturated carbocycles. The van der Waals surface area contributed by atoms with Gasteiger partial charge >= 0.3 is 5.97 Å². The van der Waals surface area contributed by atoms with Crippen molar-refractivity contribution >= 4 is 17.0 Å². The van der Waals surface area contributed by atoms with Gasteiger partial charge in [-0.2, -0.15) is 4.98 Å². The van der Waals surface area contributed by atoms with Gasteiger partial charge < -0.3 is 14.0 Å². The van der Waals surface area contributed by atoms with Gasteiger partial charge in [-0.3, -0.25) is 4.57 Å². The third kappa shape index (κ3) is 2.42. The van der Waals surface area contributed by atoms with Crippen LogP contribution >= 0.6 is 0 Å². The highest BCUT2D eigenvalue weighted by Gasteiger charge is 2.22. The van der Waals surface area contributed by atoms with Crippen LogP contribution in [0.3, 0.4) is 0 Å². The second-order valence-electron chi connectivity index (χ2n) is 5.47. The Bertz CT molecular complexity index is 904.